The highest BCUT2D eigenvalue weighted by molar-refractivity contribution is 6.30. The van der Waals surface area contributed by atoms with E-state index in [4.69, 9.17) is 21.1 Å². The zero-order valence-electron chi connectivity index (χ0n) is 27.9. The number of fused-ring (bicyclic) bond motifs is 1. The molecule has 2 amide bonds. The Morgan fingerprint density at radius 2 is 1.72 bits per heavy atom. The first-order valence-corrected chi connectivity index (χ1v) is 16.6. The number of benzene rings is 4. The van der Waals surface area contributed by atoms with Crippen LogP contribution in [0.15, 0.2) is 91.0 Å². The molecule has 0 saturated heterocycles. The second-order valence-corrected chi connectivity index (χ2v) is 13.1. The molecule has 5 rings (SSSR count). The van der Waals surface area contributed by atoms with Gasteiger partial charge in [-0.3, -0.25) is 14.5 Å². The number of aliphatic hydroxyl groups excluding tert-OH is 1. The number of ether oxygens (including phenoxy) is 2. The summed E-state index contributed by atoms with van der Waals surface area (Å²) in [5.41, 5.74) is 1.12. The van der Waals surface area contributed by atoms with Gasteiger partial charge in [0.15, 0.2) is 5.75 Å². The number of rotatable bonds is 11. The van der Waals surface area contributed by atoms with Crippen LogP contribution in [0.3, 0.4) is 0 Å². The average Bonchev–Trinajstić information content (AvgIpc) is 3.07. The molecule has 0 bridgehead atoms. The fraction of sp³-hybridized carbons (Fsp3) is 0.316. The molecule has 0 aliphatic carbocycles. The minimum Gasteiger partial charge on any atom is -0.486 e. The number of likely N-dealkylation sites (N-methyl/N-ethyl adjacent to an activating group) is 1. The van der Waals surface area contributed by atoms with Gasteiger partial charge in [-0.15, -0.1) is 0 Å². The molecule has 1 aliphatic rings. The smallest absolute Gasteiger partial charge is 0.416 e. The summed E-state index contributed by atoms with van der Waals surface area (Å²) in [7, 11) is 1.96. The Bertz CT molecular complexity index is 1790. The number of nitrogens with one attached hydrogen (secondary N) is 1. The fourth-order valence-corrected chi connectivity index (χ4v) is 5.94. The summed E-state index contributed by atoms with van der Waals surface area (Å²) in [4.78, 5) is 30.7. The van der Waals surface area contributed by atoms with E-state index >= 15 is 0 Å². The minimum absolute atomic E-state index is 0.173. The van der Waals surface area contributed by atoms with Gasteiger partial charge in [-0.05, 0) is 79.7 Å². The van der Waals surface area contributed by atoms with Crippen molar-refractivity contribution in [2.45, 2.75) is 45.1 Å². The van der Waals surface area contributed by atoms with E-state index in [1.807, 2.05) is 50.4 Å². The maximum Gasteiger partial charge on any atom is 0.416 e. The summed E-state index contributed by atoms with van der Waals surface area (Å²) in [6.45, 7) is 4.88. The number of carbonyl (C=O) groups excluding carboxylic acids is 2. The van der Waals surface area contributed by atoms with Crippen molar-refractivity contribution in [3.8, 4) is 17.2 Å². The van der Waals surface area contributed by atoms with E-state index < -0.39 is 29.8 Å². The monoisotopic (exact) mass is 709 g/mol. The van der Waals surface area contributed by atoms with E-state index in [0.717, 1.165) is 17.7 Å². The van der Waals surface area contributed by atoms with Crippen LogP contribution in [-0.4, -0.2) is 65.6 Å². The average molecular weight is 710 g/mol. The molecule has 4 aromatic carbocycles. The summed E-state index contributed by atoms with van der Waals surface area (Å²) in [6, 6.07) is 23.7. The van der Waals surface area contributed by atoms with Crippen LogP contribution in [0.2, 0.25) is 5.02 Å². The molecule has 0 radical (unpaired) electrons. The van der Waals surface area contributed by atoms with Gasteiger partial charge in [0.1, 0.15) is 17.6 Å². The molecule has 8 nitrogen and oxygen atoms in total. The van der Waals surface area contributed by atoms with Gasteiger partial charge in [0.2, 0.25) is 5.91 Å². The predicted octanol–water partition coefficient (Wildman–Crippen LogP) is 7.68. The third-order valence-electron chi connectivity index (χ3n) is 8.51. The lowest BCUT2D eigenvalue weighted by Crippen LogP contribution is -2.49. The second kappa shape index (κ2) is 16.0. The summed E-state index contributed by atoms with van der Waals surface area (Å²) >= 11 is 6.07. The van der Waals surface area contributed by atoms with Crippen LogP contribution < -0.4 is 14.8 Å². The van der Waals surface area contributed by atoms with Gasteiger partial charge in [0.05, 0.1) is 35.9 Å². The predicted molar refractivity (Wildman–Crippen MR) is 186 cm³/mol. The van der Waals surface area contributed by atoms with E-state index in [9.17, 15) is 27.9 Å². The summed E-state index contributed by atoms with van der Waals surface area (Å²) < 4.78 is 51.6. The Hall–Kier alpha value is -4.58. The first-order chi connectivity index (χ1) is 23.8. The first-order valence-electron chi connectivity index (χ1n) is 16.2. The van der Waals surface area contributed by atoms with Crippen LogP contribution in [-0.2, 0) is 23.9 Å². The topological polar surface area (TPSA) is 91.3 Å². The summed E-state index contributed by atoms with van der Waals surface area (Å²) in [5, 5.41) is 13.4. The van der Waals surface area contributed by atoms with Crippen LogP contribution in [0, 0.1) is 5.92 Å². The van der Waals surface area contributed by atoms with Crippen molar-refractivity contribution in [1.82, 2.24) is 9.80 Å². The summed E-state index contributed by atoms with van der Waals surface area (Å²) in [6.07, 6.45) is -5.10. The quantitative estimate of drug-likeness (QED) is 0.166. The molecule has 1 aliphatic heterocycles. The molecule has 0 fully saturated rings. The molecule has 264 valence electrons. The molecule has 4 aromatic rings. The molecule has 0 unspecified atom stereocenters. The van der Waals surface area contributed by atoms with E-state index in [1.165, 1.54) is 12.1 Å². The Balaban J connectivity index is 1.33. The van der Waals surface area contributed by atoms with E-state index in [1.54, 1.807) is 42.2 Å². The number of anilines is 1. The second-order valence-electron chi connectivity index (χ2n) is 12.6. The van der Waals surface area contributed by atoms with E-state index in [-0.39, 0.29) is 41.9 Å². The SMILES string of the molecule is C[C@@H]1CN([C@@H](C)CO)C(=O)c2cccc(NC(=O)Cc3ccc(C(F)(F)F)cc3)c2O[C@@H]1CN(C)Cc1ccc(Oc2cccc(Cl)c2)cc1. The number of alkyl halides is 3. The first kappa shape index (κ1) is 36.7. The number of hydrogen-bond acceptors (Lipinski definition) is 6. The Labute approximate surface area is 294 Å². The summed E-state index contributed by atoms with van der Waals surface area (Å²) in [5.74, 6) is 0.494. The zero-order valence-corrected chi connectivity index (χ0v) is 28.7. The third kappa shape index (κ3) is 9.35. The normalized spacial score (nSPS) is 17.0. The van der Waals surface area contributed by atoms with E-state index in [2.05, 4.69) is 10.2 Å². The van der Waals surface area contributed by atoms with Gasteiger partial charge in [-0.1, -0.05) is 54.9 Å². The van der Waals surface area contributed by atoms with Gasteiger partial charge >= 0.3 is 6.18 Å². The van der Waals surface area contributed by atoms with Gasteiger partial charge in [0, 0.05) is 30.6 Å². The maximum atomic E-state index is 13.8. The molecule has 0 aromatic heterocycles. The van der Waals surface area contributed by atoms with Gasteiger partial charge < -0.3 is 24.8 Å². The Kier molecular flexibility index (Phi) is 11.7. The van der Waals surface area contributed by atoms with E-state index in [0.29, 0.717) is 41.7 Å². The van der Waals surface area contributed by atoms with Crippen molar-refractivity contribution in [3.63, 3.8) is 0 Å². The highest BCUT2D eigenvalue weighted by Crippen LogP contribution is 2.35. The standard InChI is InChI=1S/C38H39ClF3N3O5/c1-24-20-45(25(2)23-46)37(48)32-8-5-9-33(43-35(47)18-26-10-14-28(15-11-26)38(40,41)42)36(32)50-34(24)22-44(3)21-27-12-16-30(17-13-27)49-31-7-4-6-29(39)19-31/h4-17,19,24-25,34,46H,18,20-23H2,1-3H3,(H,43,47)/t24-,25+,34-/m1/s1. The molecule has 3 atom stereocenters. The van der Waals surface area contributed by atoms with Crippen molar-refractivity contribution in [2.75, 3.05) is 32.1 Å². The molecule has 1 heterocycles. The number of halogens is 4. The molecule has 2 N–H and O–H groups in total. The largest absolute Gasteiger partial charge is 0.486 e. The van der Waals surface area contributed by atoms with Crippen molar-refractivity contribution in [1.29, 1.82) is 0 Å². The van der Waals surface area contributed by atoms with Crippen LogP contribution in [0.5, 0.6) is 17.2 Å². The molecular weight excluding hydrogens is 671 g/mol. The zero-order chi connectivity index (χ0) is 36.0. The Morgan fingerprint density at radius 3 is 2.38 bits per heavy atom. The number of nitrogens with zero attached hydrogens (tertiary/aromatic N) is 2. The van der Waals surface area contributed by atoms with Crippen LogP contribution in [0.25, 0.3) is 0 Å². The highest BCUT2D eigenvalue weighted by atomic mass is 35.5. The fourth-order valence-electron chi connectivity index (χ4n) is 5.76. The third-order valence-corrected chi connectivity index (χ3v) is 8.75. The van der Waals surface area contributed by atoms with Crippen LogP contribution >= 0.6 is 11.6 Å². The lowest BCUT2D eigenvalue weighted by atomic mass is 9.98. The van der Waals surface area contributed by atoms with Crippen molar-refractivity contribution in [2.24, 2.45) is 5.92 Å². The lowest BCUT2D eigenvalue weighted by Gasteiger charge is -2.38. The number of para-hydroxylation sites is 1. The van der Waals surface area contributed by atoms with Crippen molar-refractivity contribution >= 4 is 29.1 Å². The molecule has 12 heteroatoms. The molecule has 50 heavy (non-hydrogen) atoms. The van der Waals surface area contributed by atoms with Crippen molar-refractivity contribution in [3.05, 3.63) is 118 Å². The van der Waals surface area contributed by atoms with Crippen LogP contribution in [0.1, 0.15) is 40.9 Å². The number of hydrogen-bond donors (Lipinski definition) is 2. The number of aliphatic hydroxyl groups is 1. The number of amides is 2. The highest BCUT2D eigenvalue weighted by Gasteiger charge is 2.35. The lowest BCUT2D eigenvalue weighted by molar-refractivity contribution is -0.137. The molecule has 0 saturated carbocycles. The number of carbonyl (C=O) groups is 2. The van der Waals surface area contributed by atoms with Gasteiger partial charge in [-0.2, -0.15) is 13.2 Å². The molecular formula is C38H39ClF3N3O5. The van der Waals surface area contributed by atoms with Crippen LogP contribution in [0.4, 0.5) is 18.9 Å². The minimum atomic E-state index is -4.48. The Morgan fingerprint density at radius 1 is 1.04 bits per heavy atom. The van der Waals surface area contributed by atoms with Crippen molar-refractivity contribution < 1.29 is 37.3 Å². The van der Waals surface area contributed by atoms with Gasteiger partial charge in [-0.25, -0.2) is 0 Å². The molecule has 0 spiro atoms. The van der Waals surface area contributed by atoms with Gasteiger partial charge in [0.25, 0.3) is 5.91 Å². The maximum absolute atomic E-state index is 13.8.